The molecule has 148 valence electrons. The molecule has 0 saturated carbocycles. The van der Waals surface area contributed by atoms with Crippen LogP contribution < -0.4 is 4.74 Å². The summed E-state index contributed by atoms with van der Waals surface area (Å²) in [4.78, 5) is 11.4. The van der Waals surface area contributed by atoms with Crippen molar-refractivity contribution in [3.05, 3.63) is 38.3 Å². The molecule has 0 spiro atoms. The van der Waals surface area contributed by atoms with E-state index in [4.69, 9.17) is 32.7 Å². The molecule has 0 aliphatic rings. The summed E-state index contributed by atoms with van der Waals surface area (Å²) in [6.07, 6.45) is -4.72. The lowest BCUT2D eigenvalue weighted by molar-refractivity contribution is -0.145. The fourth-order valence-corrected chi connectivity index (χ4v) is 3.83. The Kier molecular flexibility index (Phi) is 6.70. The fraction of sp³-hybridized carbons (Fsp3) is 0.312. The van der Waals surface area contributed by atoms with Crippen LogP contribution in [0.25, 0.3) is 11.1 Å². The Morgan fingerprint density at radius 2 is 1.93 bits per heavy atom. The maximum absolute atomic E-state index is 14.4. The molecule has 27 heavy (non-hydrogen) atoms. The number of carbonyl (C=O) groups excluding carboxylic acids is 1. The molecule has 1 aromatic heterocycles. The van der Waals surface area contributed by atoms with E-state index in [0.29, 0.717) is 4.57 Å². The topological polar surface area (TPSA) is 40.5 Å². The van der Waals surface area contributed by atoms with Gasteiger partial charge in [-0.05, 0) is 35.0 Å². The Balaban J connectivity index is 2.54. The third-order valence-electron chi connectivity index (χ3n) is 3.47. The van der Waals surface area contributed by atoms with Crippen molar-refractivity contribution in [1.29, 1.82) is 0 Å². The van der Waals surface area contributed by atoms with Gasteiger partial charge >= 0.3 is 12.1 Å². The highest BCUT2D eigenvalue weighted by molar-refractivity contribution is 9.10. The van der Waals surface area contributed by atoms with Crippen molar-refractivity contribution in [1.82, 2.24) is 4.57 Å². The summed E-state index contributed by atoms with van der Waals surface area (Å²) < 4.78 is 64.3. The zero-order chi connectivity index (χ0) is 20.5. The number of rotatable bonds is 5. The molecule has 11 heteroatoms. The second kappa shape index (κ2) is 8.28. The highest BCUT2D eigenvalue weighted by Gasteiger charge is 2.40. The average molecular weight is 493 g/mol. The number of ether oxygens (including phenoxy) is 2. The van der Waals surface area contributed by atoms with Crippen LogP contribution in [0, 0.1) is 5.82 Å². The van der Waals surface area contributed by atoms with E-state index < -0.39 is 34.7 Å². The number of nitrogens with zero attached hydrogens (tertiary/aromatic N) is 1. The summed E-state index contributed by atoms with van der Waals surface area (Å²) in [5.41, 5.74) is -1.58. The lowest BCUT2D eigenvalue weighted by Crippen LogP contribution is -2.14. The highest BCUT2D eigenvalue weighted by Crippen LogP contribution is 2.47. The first-order chi connectivity index (χ1) is 12.5. The lowest BCUT2D eigenvalue weighted by Gasteiger charge is -2.11. The predicted octanol–water partition coefficient (Wildman–Crippen LogP) is 5.86. The third-order valence-corrected chi connectivity index (χ3v) is 4.98. The standard InChI is InChI=1S/C16H12BrCl2F4NO3/c1-3-26-11(25)6-27-10-4-7(9(20)5-8(10)18)12-13(17)14(16(21,22)23)24(2)15(12)19/h4-5H,3,6H2,1-2H3. The van der Waals surface area contributed by atoms with Crippen LogP contribution in [-0.2, 0) is 22.8 Å². The van der Waals surface area contributed by atoms with Gasteiger partial charge in [0.25, 0.3) is 0 Å². The van der Waals surface area contributed by atoms with E-state index in [1.165, 1.54) is 0 Å². The van der Waals surface area contributed by atoms with Gasteiger partial charge in [-0.2, -0.15) is 13.2 Å². The molecule has 2 aromatic rings. The molecule has 0 atom stereocenters. The SMILES string of the molecule is CCOC(=O)COc1cc(-c2c(Br)c(C(F)(F)F)n(C)c2Cl)c(F)cc1Cl. The molecule has 0 N–H and O–H groups in total. The van der Waals surface area contributed by atoms with E-state index >= 15 is 0 Å². The molecule has 0 aliphatic carbocycles. The first-order valence-electron chi connectivity index (χ1n) is 7.37. The maximum Gasteiger partial charge on any atom is 0.432 e. The number of esters is 1. The average Bonchev–Trinajstić information content (AvgIpc) is 2.77. The van der Waals surface area contributed by atoms with Gasteiger partial charge in [-0.25, -0.2) is 9.18 Å². The molecule has 0 radical (unpaired) electrons. The highest BCUT2D eigenvalue weighted by atomic mass is 79.9. The van der Waals surface area contributed by atoms with Crippen LogP contribution in [0.3, 0.4) is 0 Å². The molecule has 1 heterocycles. The Morgan fingerprint density at radius 1 is 1.30 bits per heavy atom. The van der Waals surface area contributed by atoms with Gasteiger partial charge in [-0.3, -0.25) is 0 Å². The van der Waals surface area contributed by atoms with E-state index in [9.17, 15) is 22.4 Å². The van der Waals surface area contributed by atoms with E-state index in [2.05, 4.69) is 15.9 Å². The molecule has 2 rings (SSSR count). The summed E-state index contributed by atoms with van der Waals surface area (Å²) in [6.45, 7) is 1.24. The van der Waals surface area contributed by atoms with Crippen molar-refractivity contribution < 1.29 is 31.8 Å². The minimum atomic E-state index is -4.72. The third kappa shape index (κ3) is 4.52. The van der Waals surface area contributed by atoms with Crippen molar-refractivity contribution in [2.75, 3.05) is 13.2 Å². The molecule has 4 nitrogen and oxygen atoms in total. The monoisotopic (exact) mass is 491 g/mol. The van der Waals surface area contributed by atoms with Gasteiger partial charge in [0, 0.05) is 18.2 Å². The molecule has 0 bridgehead atoms. The largest absolute Gasteiger partial charge is 0.480 e. The second-order valence-corrected chi connectivity index (χ2v) is 6.80. The van der Waals surface area contributed by atoms with Gasteiger partial charge in [0.15, 0.2) is 6.61 Å². The van der Waals surface area contributed by atoms with Crippen LogP contribution in [-0.4, -0.2) is 23.8 Å². The van der Waals surface area contributed by atoms with Crippen LogP contribution in [0.15, 0.2) is 16.6 Å². The van der Waals surface area contributed by atoms with Crippen molar-refractivity contribution in [2.24, 2.45) is 7.05 Å². The Labute approximate surface area is 170 Å². The molecular weight excluding hydrogens is 481 g/mol. The Morgan fingerprint density at radius 3 is 2.44 bits per heavy atom. The number of carbonyl (C=O) groups is 1. The number of hydrogen-bond donors (Lipinski definition) is 0. The zero-order valence-electron chi connectivity index (χ0n) is 13.9. The van der Waals surface area contributed by atoms with Crippen molar-refractivity contribution in [3.8, 4) is 16.9 Å². The maximum atomic E-state index is 14.4. The first-order valence-corrected chi connectivity index (χ1v) is 8.92. The number of aromatic nitrogens is 1. The van der Waals surface area contributed by atoms with E-state index in [0.717, 1.165) is 19.2 Å². The normalized spacial score (nSPS) is 11.6. The smallest absolute Gasteiger partial charge is 0.432 e. The van der Waals surface area contributed by atoms with Gasteiger partial charge in [-0.15, -0.1) is 0 Å². The van der Waals surface area contributed by atoms with Crippen molar-refractivity contribution >= 4 is 45.1 Å². The number of halogens is 7. The summed E-state index contributed by atoms with van der Waals surface area (Å²) in [5, 5.41) is -0.508. The summed E-state index contributed by atoms with van der Waals surface area (Å²) >= 11 is 14.7. The van der Waals surface area contributed by atoms with Gasteiger partial charge in [-0.1, -0.05) is 23.2 Å². The quantitative estimate of drug-likeness (QED) is 0.387. The van der Waals surface area contributed by atoms with Crippen molar-refractivity contribution in [3.63, 3.8) is 0 Å². The summed E-state index contributed by atoms with van der Waals surface area (Å²) in [5.74, 6) is -1.70. The van der Waals surface area contributed by atoms with Crippen LogP contribution >= 0.6 is 39.1 Å². The van der Waals surface area contributed by atoms with Crippen LogP contribution in [0.2, 0.25) is 10.2 Å². The minimum absolute atomic E-state index is 0.110. The molecule has 0 amide bonds. The van der Waals surface area contributed by atoms with Crippen LogP contribution in [0.5, 0.6) is 5.75 Å². The number of alkyl halides is 3. The molecule has 0 fully saturated rings. The van der Waals surface area contributed by atoms with Crippen LogP contribution in [0.4, 0.5) is 17.6 Å². The minimum Gasteiger partial charge on any atom is -0.480 e. The molecule has 0 unspecified atom stereocenters. The van der Waals surface area contributed by atoms with Gasteiger partial charge in [0.1, 0.15) is 22.4 Å². The van der Waals surface area contributed by atoms with Gasteiger partial charge in [0.05, 0.1) is 16.1 Å². The molecule has 0 aliphatic heterocycles. The summed E-state index contributed by atoms with van der Waals surface area (Å²) in [6, 6.07) is 1.93. The Bertz CT molecular complexity index is 884. The van der Waals surface area contributed by atoms with E-state index in [1.807, 2.05) is 0 Å². The fourth-order valence-electron chi connectivity index (χ4n) is 2.34. The van der Waals surface area contributed by atoms with E-state index in [1.54, 1.807) is 6.92 Å². The number of hydrogen-bond acceptors (Lipinski definition) is 3. The second-order valence-electron chi connectivity index (χ2n) is 5.24. The van der Waals surface area contributed by atoms with Gasteiger partial charge < -0.3 is 14.0 Å². The zero-order valence-corrected chi connectivity index (χ0v) is 17.0. The van der Waals surface area contributed by atoms with Gasteiger partial charge in [0.2, 0.25) is 0 Å². The van der Waals surface area contributed by atoms with Crippen LogP contribution in [0.1, 0.15) is 12.6 Å². The first kappa shape index (κ1) is 21.8. The lowest BCUT2D eigenvalue weighted by atomic mass is 10.1. The predicted molar refractivity (Wildman–Crippen MR) is 95.7 cm³/mol. The number of benzene rings is 1. The Hall–Kier alpha value is -1.45. The van der Waals surface area contributed by atoms with Crippen molar-refractivity contribution in [2.45, 2.75) is 13.1 Å². The van der Waals surface area contributed by atoms with E-state index in [-0.39, 0.29) is 33.7 Å². The summed E-state index contributed by atoms with van der Waals surface area (Å²) in [7, 11) is 1.10. The molecular formula is C16H12BrCl2F4NO3. The molecule has 0 saturated heterocycles. The molecule has 1 aromatic carbocycles.